The van der Waals surface area contributed by atoms with E-state index >= 15 is 0 Å². The molecule has 5 nitrogen and oxygen atoms in total. The fraction of sp³-hybridized carbons (Fsp3) is 0.444. The molecule has 6 heteroatoms. The van der Waals surface area contributed by atoms with Gasteiger partial charge in [-0.3, -0.25) is 9.48 Å². The van der Waals surface area contributed by atoms with Crippen molar-refractivity contribution in [1.29, 1.82) is 0 Å². The van der Waals surface area contributed by atoms with Gasteiger partial charge in [0.1, 0.15) is 11.9 Å². The van der Waals surface area contributed by atoms with Crippen LogP contribution in [0.15, 0.2) is 30.6 Å². The van der Waals surface area contributed by atoms with Crippen LogP contribution in [0, 0.1) is 5.82 Å². The van der Waals surface area contributed by atoms with Gasteiger partial charge in [0.25, 0.3) is 0 Å². The number of carbonyl (C=O) groups is 1. The molecule has 0 saturated heterocycles. The molecule has 1 fully saturated rings. The summed E-state index contributed by atoms with van der Waals surface area (Å²) in [7, 11) is 3.59. The minimum atomic E-state index is -0.481. The largest absolute Gasteiger partial charge is 0.309 e. The summed E-state index contributed by atoms with van der Waals surface area (Å²) in [5.41, 5.74) is 2.08. The molecule has 2 aliphatic rings. The van der Waals surface area contributed by atoms with Gasteiger partial charge in [-0.2, -0.15) is 5.10 Å². The van der Waals surface area contributed by atoms with Crippen molar-refractivity contribution in [2.75, 3.05) is 18.5 Å². The molecular formula is C18H21FN4O. The molecule has 1 amide bonds. The third-order valence-corrected chi connectivity index (χ3v) is 5.44. The number of fused-ring (bicyclic) bond motifs is 2. The fourth-order valence-corrected chi connectivity index (χ4v) is 4.12. The number of carbonyl (C=O) groups excluding carboxylic acids is 1. The number of nitrogens with zero attached hydrogens (tertiary/aromatic N) is 3. The molecule has 1 N–H and O–H groups in total. The van der Waals surface area contributed by atoms with E-state index < -0.39 is 6.04 Å². The van der Waals surface area contributed by atoms with Gasteiger partial charge in [-0.1, -0.05) is 12.5 Å². The Bertz CT molecular complexity index is 796. The van der Waals surface area contributed by atoms with E-state index in [1.165, 1.54) is 6.07 Å². The second kappa shape index (κ2) is 5.41. The van der Waals surface area contributed by atoms with E-state index in [0.717, 1.165) is 36.1 Å². The van der Waals surface area contributed by atoms with Gasteiger partial charge < -0.3 is 10.2 Å². The van der Waals surface area contributed by atoms with Crippen molar-refractivity contribution in [2.24, 2.45) is 7.05 Å². The molecule has 1 aromatic heterocycles. The molecular weight excluding hydrogens is 307 g/mol. The molecule has 1 saturated carbocycles. The molecule has 4 rings (SSSR count). The molecule has 2 heterocycles. The Morgan fingerprint density at radius 2 is 2.21 bits per heavy atom. The normalized spacial score (nSPS) is 19.2. The summed E-state index contributed by atoms with van der Waals surface area (Å²) in [5, 5.41) is 7.23. The summed E-state index contributed by atoms with van der Waals surface area (Å²) in [5.74, 6) is -0.244. The average molecular weight is 328 g/mol. The number of hydrogen-bond donors (Lipinski definition) is 1. The first kappa shape index (κ1) is 15.3. The third kappa shape index (κ3) is 2.09. The Hall–Kier alpha value is -2.21. The Morgan fingerprint density at radius 1 is 1.42 bits per heavy atom. The van der Waals surface area contributed by atoms with Gasteiger partial charge in [0.05, 0.1) is 11.9 Å². The minimum Gasteiger partial charge on any atom is -0.309 e. The molecule has 1 unspecified atom stereocenters. The molecule has 126 valence electrons. The number of nitrogens with one attached hydrogen (secondary N) is 1. The van der Waals surface area contributed by atoms with Crippen LogP contribution >= 0.6 is 0 Å². The number of aromatic nitrogens is 2. The number of anilines is 1. The van der Waals surface area contributed by atoms with Crippen LogP contribution in [0.25, 0.3) is 0 Å². The zero-order chi connectivity index (χ0) is 16.9. The van der Waals surface area contributed by atoms with Gasteiger partial charge >= 0.3 is 0 Å². The van der Waals surface area contributed by atoms with Crippen LogP contribution in [0.1, 0.15) is 36.4 Å². The van der Waals surface area contributed by atoms with Crippen molar-refractivity contribution in [3.8, 4) is 0 Å². The first-order valence-electron chi connectivity index (χ1n) is 8.32. The molecule has 1 atom stereocenters. The number of likely N-dealkylation sites (N-methyl/N-ethyl adjacent to an activating group) is 1. The van der Waals surface area contributed by atoms with E-state index in [1.807, 2.05) is 19.3 Å². The average Bonchev–Trinajstić information content (AvgIpc) is 3.10. The first-order valence-corrected chi connectivity index (χ1v) is 8.32. The van der Waals surface area contributed by atoms with Crippen LogP contribution in [-0.4, -0.2) is 29.3 Å². The quantitative estimate of drug-likeness (QED) is 0.940. The smallest absolute Gasteiger partial charge is 0.248 e. The van der Waals surface area contributed by atoms with Crippen molar-refractivity contribution in [2.45, 2.75) is 30.7 Å². The number of rotatable bonds is 3. The lowest BCUT2D eigenvalue weighted by atomic mass is 9.65. The lowest BCUT2D eigenvalue weighted by molar-refractivity contribution is -0.120. The number of benzene rings is 1. The Kier molecular flexibility index (Phi) is 3.46. The van der Waals surface area contributed by atoms with Crippen LogP contribution in [0.5, 0.6) is 0 Å². The zero-order valence-corrected chi connectivity index (χ0v) is 13.9. The highest BCUT2D eigenvalue weighted by Gasteiger charge is 2.50. The van der Waals surface area contributed by atoms with Crippen LogP contribution in [-0.2, 0) is 17.3 Å². The van der Waals surface area contributed by atoms with Crippen molar-refractivity contribution in [3.05, 3.63) is 47.5 Å². The molecule has 1 aliphatic carbocycles. The highest BCUT2D eigenvalue weighted by atomic mass is 19.1. The van der Waals surface area contributed by atoms with Gasteiger partial charge in [-0.05, 0) is 32.0 Å². The predicted molar refractivity (Wildman–Crippen MR) is 89.3 cm³/mol. The highest BCUT2D eigenvalue weighted by Crippen LogP contribution is 2.53. The van der Waals surface area contributed by atoms with Crippen LogP contribution in [0.2, 0.25) is 0 Å². The standard InChI is InChI=1S/C18H21FN4O/c1-20-16(12-9-21-22(2)10-12)17(24)23-11-18(7-4-8-18)15-13(19)5-3-6-14(15)23/h3,5-6,9-10,16,20H,4,7-8,11H2,1-2H3. The molecule has 2 aromatic rings. The van der Waals surface area contributed by atoms with E-state index in [2.05, 4.69) is 10.4 Å². The fourth-order valence-electron chi connectivity index (χ4n) is 4.12. The lowest BCUT2D eigenvalue weighted by Gasteiger charge is -2.39. The Morgan fingerprint density at radius 3 is 2.79 bits per heavy atom. The highest BCUT2D eigenvalue weighted by molar-refractivity contribution is 6.00. The number of hydrogen-bond acceptors (Lipinski definition) is 3. The summed E-state index contributed by atoms with van der Waals surface area (Å²) in [6.07, 6.45) is 6.51. The van der Waals surface area contributed by atoms with Gasteiger partial charge in [-0.15, -0.1) is 0 Å². The van der Waals surface area contributed by atoms with E-state index in [0.29, 0.717) is 6.54 Å². The zero-order valence-electron chi connectivity index (χ0n) is 13.9. The van der Waals surface area contributed by atoms with Gasteiger partial charge in [0, 0.05) is 36.3 Å². The van der Waals surface area contributed by atoms with E-state index in [4.69, 9.17) is 0 Å². The van der Waals surface area contributed by atoms with Crippen molar-refractivity contribution < 1.29 is 9.18 Å². The number of aryl methyl sites for hydroxylation is 1. The van der Waals surface area contributed by atoms with Crippen molar-refractivity contribution in [1.82, 2.24) is 15.1 Å². The van der Waals surface area contributed by atoms with E-state index in [-0.39, 0.29) is 17.1 Å². The topological polar surface area (TPSA) is 50.2 Å². The molecule has 24 heavy (non-hydrogen) atoms. The van der Waals surface area contributed by atoms with Crippen molar-refractivity contribution in [3.63, 3.8) is 0 Å². The SMILES string of the molecule is CNC(C(=O)N1CC2(CCC2)c2c(F)cccc21)c1cnn(C)c1. The first-order chi connectivity index (χ1) is 11.6. The second-order valence-corrected chi connectivity index (χ2v) is 6.86. The van der Waals surface area contributed by atoms with Gasteiger partial charge in [0.2, 0.25) is 5.91 Å². The monoisotopic (exact) mass is 328 g/mol. The molecule has 1 aliphatic heterocycles. The maximum absolute atomic E-state index is 14.5. The number of amides is 1. The maximum Gasteiger partial charge on any atom is 0.248 e. The van der Waals surface area contributed by atoms with E-state index in [9.17, 15) is 9.18 Å². The second-order valence-electron chi connectivity index (χ2n) is 6.86. The Balaban J connectivity index is 1.72. The predicted octanol–water partition coefficient (Wildman–Crippen LogP) is 2.29. The van der Waals surface area contributed by atoms with Crippen LogP contribution < -0.4 is 10.2 Å². The minimum absolute atomic E-state index is 0.0545. The summed E-state index contributed by atoms with van der Waals surface area (Å²) in [6, 6.07) is 4.57. The summed E-state index contributed by atoms with van der Waals surface area (Å²) in [4.78, 5) is 14.9. The lowest BCUT2D eigenvalue weighted by Crippen LogP contribution is -2.45. The summed E-state index contributed by atoms with van der Waals surface area (Å²) >= 11 is 0. The van der Waals surface area contributed by atoms with Crippen LogP contribution in [0.3, 0.4) is 0 Å². The third-order valence-electron chi connectivity index (χ3n) is 5.44. The molecule has 0 bridgehead atoms. The number of halogens is 1. The summed E-state index contributed by atoms with van der Waals surface area (Å²) in [6.45, 7) is 0.570. The Labute approximate surface area is 140 Å². The molecule has 0 radical (unpaired) electrons. The van der Waals surface area contributed by atoms with Gasteiger partial charge in [0.15, 0.2) is 0 Å². The van der Waals surface area contributed by atoms with Crippen molar-refractivity contribution >= 4 is 11.6 Å². The molecule has 1 aromatic carbocycles. The van der Waals surface area contributed by atoms with E-state index in [1.54, 1.807) is 28.9 Å². The summed E-state index contributed by atoms with van der Waals surface area (Å²) < 4.78 is 16.2. The van der Waals surface area contributed by atoms with Gasteiger partial charge in [-0.25, -0.2) is 4.39 Å². The molecule has 1 spiro atoms. The maximum atomic E-state index is 14.5. The van der Waals surface area contributed by atoms with Crippen LogP contribution in [0.4, 0.5) is 10.1 Å².